The average molecular weight is 289 g/mol. The van der Waals surface area contributed by atoms with Gasteiger partial charge in [0.05, 0.1) is 4.47 Å². The molecule has 0 aliphatic carbocycles. The summed E-state index contributed by atoms with van der Waals surface area (Å²) < 4.78 is 2.26. The van der Waals surface area contributed by atoms with Crippen molar-refractivity contribution in [2.75, 3.05) is 11.5 Å². The fourth-order valence-electron chi connectivity index (χ4n) is 1.76. The van der Waals surface area contributed by atoms with Crippen LogP contribution in [0.3, 0.4) is 0 Å². The topological polar surface area (TPSA) is 48.0 Å². The van der Waals surface area contributed by atoms with E-state index in [9.17, 15) is 4.79 Å². The van der Waals surface area contributed by atoms with E-state index in [0.717, 1.165) is 6.54 Å². The quantitative estimate of drug-likeness (QED) is 0.907. The van der Waals surface area contributed by atoms with Gasteiger partial charge >= 0.3 is 0 Å². The maximum Gasteiger partial charge on any atom is 0.265 e. The van der Waals surface area contributed by atoms with Gasteiger partial charge in [-0.05, 0) is 40.6 Å². The molecule has 1 aliphatic heterocycles. The average Bonchev–Trinajstić information content (AvgIpc) is 2.66. The van der Waals surface area contributed by atoms with Crippen LogP contribution in [-0.4, -0.2) is 15.6 Å². The van der Waals surface area contributed by atoms with E-state index in [-0.39, 0.29) is 5.56 Å². The fourth-order valence-corrected chi connectivity index (χ4v) is 3.52. The van der Waals surface area contributed by atoms with Crippen molar-refractivity contribution in [3.8, 4) is 0 Å². The summed E-state index contributed by atoms with van der Waals surface area (Å²) in [6.07, 6.45) is 4.18. The number of thioether (sulfide) groups is 1. The molecule has 2 rings (SSSR count). The van der Waals surface area contributed by atoms with Crippen molar-refractivity contribution in [3.63, 3.8) is 0 Å². The van der Waals surface area contributed by atoms with Crippen molar-refractivity contribution in [2.45, 2.75) is 24.6 Å². The van der Waals surface area contributed by atoms with E-state index in [4.69, 9.17) is 5.73 Å². The molecule has 0 bridgehead atoms. The van der Waals surface area contributed by atoms with Crippen molar-refractivity contribution in [1.29, 1.82) is 0 Å². The van der Waals surface area contributed by atoms with E-state index in [1.54, 1.807) is 16.8 Å². The van der Waals surface area contributed by atoms with Gasteiger partial charge in [-0.15, -0.1) is 0 Å². The molecule has 0 radical (unpaired) electrons. The molecule has 1 atom stereocenters. The second-order valence-electron chi connectivity index (χ2n) is 3.71. The van der Waals surface area contributed by atoms with Crippen LogP contribution in [0.1, 0.15) is 12.8 Å². The van der Waals surface area contributed by atoms with Gasteiger partial charge in [0.2, 0.25) is 0 Å². The Hall–Kier alpha value is -0.420. The molecule has 1 fully saturated rings. The maximum absolute atomic E-state index is 11.8. The highest BCUT2D eigenvalue weighted by atomic mass is 79.9. The van der Waals surface area contributed by atoms with Crippen molar-refractivity contribution in [3.05, 3.63) is 27.1 Å². The Morgan fingerprint density at radius 2 is 2.47 bits per heavy atom. The summed E-state index contributed by atoms with van der Waals surface area (Å²) in [6.45, 7) is 0.771. The summed E-state index contributed by atoms with van der Waals surface area (Å²) in [5.41, 5.74) is 6.35. The molecular weight excluding hydrogens is 276 g/mol. The third-order valence-corrected chi connectivity index (χ3v) is 4.44. The Labute approximate surface area is 101 Å². The molecule has 2 heterocycles. The number of nitrogens with two attached hydrogens (primary N) is 1. The lowest BCUT2D eigenvalue weighted by Gasteiger charge is -2.12. The molecular formula is C10H13BrN2OS. The van der Waals surface area contributed by atoms with E-state index in [2.05, 4.69) is 15.9 Å². The first-order valence-corrected chi connectivity index (χ1v) is 6.78. The molecule has 3 nitrogen and oxygen atoms in total. The molecule has 0 aromatic carbocycles. The second kappa shape index (κ2) is 4.61. The molecule has 0 amide bonds. The molecule has 0 saturated carbocycles. The first-order valence-electron chi connectivity index (χ1n) is 4.94. The number of anilines is 1. The first kappa shape index (κ1) is 11.1. The van der Waals surface area contributed by atoms with Gasteiger partial charge in [0, 0.05) is 23.7 Å². The lowest BCUT2D eigenvalue weighted by atomic mass is 10.2. The molecule has 1 aliphatic rings. The molecule has 82 valence electrons. The lowest BCUT2D eigenvalue weighted by molar-refractivity contribution is 0.619. The molecule has 15 heavy (non-hydrogen) atoms. The minimum absolute atomic E-state index is 0.0108. The third-order valence-electron chi connectivity index (χ3n) is 2.49. The highest BCUT2D eigenvalue weighted by molar-refractivity contribution is 9.10. The van der Waals surface area contributed by atoms with Crippen LogP contribution >= 0.6 is 27.7 Å². The zero-order valence-electron chi connectivity index (χ0n) is 8.28. The van der Waals surface area contributed by atoms with E-state index in [1.165, 1.54) is 18.6 Å². The third kappa shape index (κ3) is 2.58. The largest absolute Gasteiger partial charge is 0.398 e. The normalized spacial score (nSPS) is 20.7. The summed E-state index contributed by atoms with van der Waals surface area (Å²) >= 11 is 5.17. The van der Waals surface area contributed by atoms with Crippen LogP contribution < -0.4 is 11.3 Å². The summed E-state index contributed by atoms with van der Waals surface area (Å²) in [6, 6.07) is 1.65. The molecule has 1 unspecified atom stereocenters. The summed E-state index contributed by atoms with van der Waals surface area (Å²) in [5, 5.41) is 0.566. The van der Waals surface area contributed by atoms with Gasteiger partial charge < -0.3 is 10.3 Å². The number of pyridine rings is 1. The minimum Gasteiger partial charge on any atom is -0.398 e. The van der Waals surface area contributed by atoms with Gasteiger partial charge in [0.25, 0.3) is 5.56 Å². The zero-order chi connectivity index (χ0) is 10.8. The van der Waals surface area contributed by atoms with Crippen LogP contribution in [0, 0.1) is 0 Å². The Morgan fingerprint density at radius 3 is 3.13 bits per heavy atom. The van der Waals surface area contributed by atoms with E-state index >= 15 is 0 Å². The Kier molecular flexibility index (Phi) is 3.41. The van der Waals surface area contributed by atoms with Crippen LogP contribution in [0.2, 0.25) is 0 Å². The Balaban J connectivity index is 2.23. The van der Waals surface area contributed by atoms with E-state index in [1.807, 2.05) is 11.8 Å². The highest BCUT2D eigenvalue weighted by Crippen LogP contribution is 2.27. The number of aromatic nitrogens is 1. The van der Waals surface area contributed by atoms with Crippen LogP contribution in [0.15, 0.2) is 21.5 Å². The number of hydrogen-bond donors (Lipinski definition) is 1. The molecule has 5 heteroatoms. The van der Waals surface area contributed by atoms with Gasteiger partial charge in [0.15, 0.2) is 0 Å². The molecule has 1 aromatic heterocycles. The number of rotatable bonds is 2. The van der Waals surface area contributed by atoms with Crippen molar-refractivity contribution in [2.24, 2.45) is 0 Å². The van der Waals surface area contributed by atoms with Crippen LogP contribution in [0.25, 0.3) is 0 Å². The predicted molar refractivity (Wildman–Crippen MR) is 68.3 cm³/mol. The van der Waals surface area contributed by atoms with Gasteiger partial charge in [0.1, 0.15) is 0 Å². The van der Waals surface area contributed by atoms with Crippen molar-refractivity contribution in [1.82, 2.24) is 4.57 Å². The number of hydrogen-bond acceptors (Lipinski definition) is 3. The van der Waals surface area contributed by atoms with E-state index in [0.29, 0.717) is 15.4 Å². The monoisotopic (exact) mass is 288 g/mol. The van der Waals surface area contributed by atoms with Crippen molar-refractivity contribution >= 4 is 33.4 Å². The Bertz CT molecular complexity index is 412. The lowest BCUT2D eigenvalue weighted by Crippen LogP contribution is -2.24. The van der Waals surface area contributed by atoms with Crippen LogP contribution in [0.4, 0.5) is 5.69 Å². The molecule has 0 spiro atoms. The smallest absolute Gasteiger partial charge is 0.265 e. The fraction of sp³-hybridized carbons (Fsp3) is 0.500. The zero-order valence-corrected chi connectivity index (χ0v) is 10.7. The van der Waals surface area contributed by atoms with Gasteiger partial charge in [-0.2, -0.15) is 11.8 Å². The molecule has 2 N–H and O–H groups in total. The SMILES string of the molecule is Nc1cc(Br)c(=O)n(CC2CCCS2)c1. The summed E-state index contributed by atoms with van der Waals surface area (Å²) in [7, 11) is 0. The van der Waals surface area contributed by atoms with Crippen LogP contribution in [-0.2, 0) is 6.54 Å². The van der Waals surface area contributed by atoms with Gasteiger partial charge in [-0.25, -0.2) is 0 Å². The highest BCUT2D eigenvalue weighted by Gasteiger charge is 2.17. The first-order chi connectivity index (χ1) is 7.16. The molecule has 1 saturated heterocycles. The Morgan fingerprint density at radius 1 is 1.67 bits per heavy atom. The number of nitrogens with zero attached hydrogens (tertiary/aromatic N) is 1. The van der Waals surface area contributed by atoms with Gasteiger partial charge in [-0.1, -0.05) is 0 Å². The standard InChI is InChI=1S/C10H13BrN2OS/c11-9-4-7(12)5-13(10(9)14)6-8-2-1-3-15-8/h4-5,8H,1-3,6,12H2. The second-order valence-corrected chi connectivity index (χ2v) is 5.98. The predicted octanol–water partition coefficient (Wildman–Crippen LogP) is 2.09. The number of nitrogen functional groups attached to an aromatic ring is 1. The molecule has 1 aromatic rings. The van der Waals surface area contributed by atoms with Crippen LogP contribution in [0.5, 0.6) is 0 Å². The van der Waals surface area contributed by atoms with Gasteiger partial charge in [-0.3, -0.25) is 4.79 Å². The van der Waals surface area contributed by atoms with E-state index < -0.39 is 0 Å². The number of halogens is 1. The summed E-state index contributed by atoms with van der Waals surface area (Å²) in [5.74, 6) is 1.21. The minimum atomic E-state index is 0.0108. The summed E-state index contributed by atoms with van der Waals surface area (Å²) in [4.78, 5) is 11.8. The van der Waals surface area contributed by atoms with Crippen molar-refractivity contribution < 1.29 is 0 Å². The maximum atomic E-state index is 11.8.